The Hall–Kier alpha value is -1.60. The van der Waals surface area contributed by atoms with Gasteiger partial charge in [-0.2, -0.15) is 0 Å². The Morgan fingerprint density at radius 1 is 1.10 bits per heavy atom. The molecule has 1 aromatic carbocycles. The minimum Gasteiger partial charge on any atom is -0.484 e. The van der Waals surface area contributed by atoms with Crippen LogP contribution in [0.15, 0.2) is 24.3 Å². The molecule has 0 aromatic heterocycles. The first-order valence-electron chi connectivity index (χ1n) is 10.8. The molecule has 2 saturated carbocycles. The molecule has 0 radical (unpaired) electrons. The fourth-order valence-electron chi connectivity index (χ4n) is 5.38. The highest BCUT2D eigenvalue weighted by molar-refractivity contribution is 7.91. The van der Waals surface area contributed by atoms with Crippen LogP contribution in [0.4, 0.5) is 0 Å². The lowest BCUT2D eigenvalue weighted by Crippen LogP contribution is -2.58. The van der Waals surface area contributed by atoms with Crippen LogP contribution in [0.5, 0.6) is 5.75 Å². The number of amides is 1. The standard InChI is InChI=1S/C22H32N2O4S/c1-16-7-3-4-8-20(16)28-13-21(25)24-19-15-29(26,27)14-18(19)23-17-11-22(12-17)9-5-2-6-10-22/h3-4,7-8,17-19,23H,2,5-6,9-15H2,1H3,(H,24,25)/t18-,19-/m1/s1. The summed E-state index contributed by atoms with van der Waals surface area (Å²) in [5, 5.41) is 6.44. The Labute approximate surface area is 173 Å². The molecule has 3 fully saturated rings. The van der Waals surface area contributed by atoms with E-state index in [-0.39, 0.29) is 30.1 Å². The molecule has 3 aliphatic rings. The fraction of sp³-hybridized carbons (Fsp3) is 0.682. The average molecular weight is 421 g/mol. The van der Waals surface area contributed by atoms with Crippen molar-refractivity contribution < 1.29 is 17.9 Å². The summed E-state index contributed by atoms with van der Waals surface area (Å²) in [5.74, 6) is 0.488. The minimum atomic E-state index is -3.15. The Morgan fingerprint density at radius 3 is 2.52 bits per heavy atom. The maximum Gasteiger partial charge on any atom is 0.258 e. The molecule has 1 saturated heterocycles. The molecule has 6 nitrogen and oxygen atoms in total. The predicted octanol–water partition coefficient (Wildman–Crippen LogP) is 2.36. The molecule has 0 unspecified atom stereocenters. The normalized spacial score (nSPS) is 28.0. The van der Waals surface area contributed by atoms with E-state index in [0.29, 0.717) is 17.2 Å². The summed E-state index contributed by atoms with van der Waals surface area (Å²) in [4.78, 5) is 12.4. The largest absolute Gasteiger partial charge is 0.484 e. The van der Waals surface area contributed by atoms with E-state index in [1.165, 1.54) is 32.1 Å². The summed E-state index contributed by atoms with van der Waals surface area (Å²) >= 11 is 0. The number of carbonyl (C=O) groups is 1. The maximum absolute atomic E-state index is 12.4. The van der Waals surface area contributed by atoms with E-state index in [2.05, 4.69) is 10.6 Å². The zero-order valence-electron chi connectivity index (χ0n) is 17.2. The van der Waals surface area contributed by atoms with Gasteiger partial charge in [-0.3, -0.25) is 4.79 Å². The molecule has 29 heavy (non-hydrogen) atoms. The number of carbonyl (C=O) groups excluding carboxylic acids is 1. The first-order valence-corrected chi connectivity index (χ1v) is 12.6. The second kappa shape index (κ2) is 8.26. The summed E-state index contributed by atoms with van der Waals surface area (Å²) in [7, 11) is -3.15. The van der Waals surface area contributed by atoms with Gasteiger partial charge in [0.2, 0.25) is 0 Å². The minimum absolute atomic E-state index is 0.00135. The number of ether oxygens (including phenoxy) is 1. The first-order chi connectivity index (χ1) is 13.8. The zero-order valence-corrected chi connectivity index (χ0v) is 18.0. The van der Waals surface area contributed by atoms with Crippen LogP contribution in [0.25, 0.3) is 0 Å². The summed E-state index contributed by atoms with van der Waals surface area (Å²) in [6, 6.07) is 7.29. The summed E-state index contributed by atoms with van der Waals surface area (Å²) in [6.07, 6.45) is 8.89. The van der Waals surface area contributed by atoms with Gasteiger partial charge in [-0.05, 0) is 49.7 Å². The molecule has 7 heteroatoms. The monoisotopic (exact) mass is 420 g/mol. The Morgan fingerprint density at radius 2 is 1.79 bits per heavy atom. The van der Waals surface area contributed by atoms with Crippen molar-refractivity contribution in [3.05, 3.63) is 29.8 Å². The second-order valence-corrected chi connectivity index (χ2v) is 11.4. The van der Waals surface area contributed by atoms with Gasteiger partial charge in [-0.25, -0.2) is 8.42 Å². The molecular weight excluding hydrogens is 388 g/mol. The Balaban J connectivity index is 1.29. The number of nitrogens with one attached hydrogen (secondary N) is 2. The molecule has 160 valence electrons. The number of rotatable bonds is 6. The van der Waals surface area contributed by atoms with E-state index < -0.39 is 15.9 Å². The first kappa shape index (κ1) is 20.7. The van der Waals surface area contributed by atoms with Crippen LogP contribution in [-0.2, 0) is 14.6 Å². The predicted molar refractivity (Wildman–Crippen MR) is 113 cm³/mol. The molecule has 2 atom stereocenters. The topological polar surface area (TPSA) is 84.5 Å². The lowest BCUT2D eigenvalue weighted by molar-refractivity contribution is -0.123. The molecule has 1 spiro atoms. The molecule has 2 aliphatic carbocycles. The van der Waals surface area contributed by atoms with Crippen LogP contribution in [0.1, 0.15) is 50.5 Å². The molecule has 2 N–H and O–H groups in total. The van der Waals surface area contributed by atoms with Gasteiger partial charge < -0.3 is 15.4 Å². The van der Waals surface area contributed by atoms with E-state index in [1.807, 2.05) is 31.2 Å². The smallest absolute Gasteiger partial charge is 0.258 e. The summed E-state index contributed by atoms with van der Waals surface area (Å²) in [6.45, 7) is 1.81. The second-order valence-electron chi connectivity index (χ2n) is 9.24. The van der Waals surface area contributed by atoms with E-state index in [9.17, 15) is 13.2 Å². The van der Waals surface area contributed by atoms with Gasteiger partial charge in [-0.1, -0.05) is 37.5 Å². The van der Waals surface area contributed by atoms with Gasteiger partial charge in [-0.15, -0.1) is 0 Å². The van der Waals surface area contributed by atoms with Crippen molar-refractivity contribution in [1.29, 1.82) is 0 Å². The number of sulfone groups is 1. The zero-order chi connectivity index (χ0) is 20.5. The summed E-state index contributed by atoms with van der Waals surface area (Å²) in [5.41, 5.74) is 1.46. The lowest BCUT2D eigenvalue weighted by atomic mass is 9.58. The van der Waals surface area contributed by atoms with Crippen LogP contribution in [0.3, 0.4) is 0 Å². The van der Waals surface area contributed by atoms with Gasteiger partial charge in [0.15, 0.2) is 16.4 Å². The molecule has 1 aromatic rings. The van der Waals surface area contributed by atoms with Crippen LogP contribution in [0, 0.1) is 12.3 Å². The molecular formula is C22H32N2O4S. The van der Waals surface area contributed by atoms with Gasteiger partial charge in [0.05, 0.1) is 17.5 Å². The molecule has 1 amide bonds. The Kier molecular flexibility index (Phi) is 5.89. The number of aryl methyl sites for hydroxylation is 1. The van der Waals surface area contributed by atoms with Crippen molar-refractivity contribution in [1.82, 2.24) is 10.6 Å². The van der Waals surface area contributed by atoms with Crippen molar-refractivity contribution in [2.45, 2.75) is 70.0 Å². The molecule has 1 heterocycles. The number of hydrogen-bond acceptors (Lipinski definition) is 5. The number of para-hydroxylation sites is 1. The fourth-order valence-corrected chi connectivity index (χ4v) is 7.25. The highest BCUT2D eigenvalue weighted by Gasteiger charge is 2.47. The lowest BCUT2D eigenvalue weighted by Gasteiger charge is -2.51. The van der Waals surface area contributed by atoms with E-state index in [0.717, 1.165) is 18.4 Å². The third-order valence-corrected chi connectivity index (χ3v) is 8.61. The highest BCUT2D eigenvalue weighted by Crippen LogP contribution is 2.51. The molecule has 0 bridgehead atoms. The third-order valence-electron chi connectivity index (χ3n) is 6.87. The van der Waals surface area contributed by atoms with E-state index in [4.69, 9.17) is 4.74 Å². The molecule has 1 aliphatic heterocycles. The number of benzene rings is 1. The quantitative estimate of drug-likeness (QED) is 0.738. The Bertz CT molecular complexity index is 840. The van der Waals surface area contributed by atoms with Crippen molar-refractivity contribution >= 4 is 15.7 Å². The van der Waals surface area contributed by atoms with Crippen LogP contribution in [-0.4, -0.2) is 50.6 Å². The van der Waals surface area contributed by atoms with Gasteiger partial charge >= 0.3 is 0 Å². The van der Waals surface area contributed by atoms with Crippen molar-refractivity contribution in [3.63, 3.8) is 0 Å². The van der Waals surface area contributed by atoms with Gasteiger partial charge in [0.25, 0.3) is 5.91 Å². The van der Waals surface area contributed by atoms with Crippen molar-refractivity contribution in [3.8, 4) is 5.75 Å². The van der Waals surface area contributed by atoms with Crippen molar-refractivity contribution in [2.75, 3.05) is 18.1 Å². The van der Waals surface area contributed by atoms with Crippen molar-refractivity contribution in [2.24, 2.45) is 5.41 Å². The van der Waals surface area contributed by atoms with E-state index >= 15 is 0 Å². The maximum atomic E-state index is 12.4. The van der Waals surface area contributed by atoms with E-state index in [1.54, 1.807) is 0 Å². The SMILES string of the molecule is Cc1ccccc1OCC(=O)N[C@@H]1CS(=O)(=O)C[C@H]1NC1CC2(CCCCC2)C1. The molecule has 4 rings (SSSR count). The average Bonchev–Trinajstić information content (AvgIpc) is 2.93. The number of hydrogen-bond donors (Lipinski definition) is 2. The van der Waals surface area contributed by atoms with Gasteiger partial charge in [0.1, 0.15) is 5.75 Å². The van der Waals surface area contributed by atoms with Crippen LogP contribution in [0.2, 0.25) is 0 Å². The highest BCUT2D eigenvalue weighted by atomic mass is 32.2. The van der Waals surface area contributed by atoms with Gasteiger partial charge in [0, 0.05) is 12.1 Å². The third kappa shape index (κ3) is 4.94. The van der Waals surface area contributed by atoms with Crippen LogP contribution >= 0.6 is 0 Å². The summed E-state index contributed by atoms with van der Waals surface area (Å²) < 4.78 is 30.0. The van der Waals surface area contributed by atoms with Crippen LogP contribution < -0.4 is 15.4 Å².